The van der Waals surface area contributed by atoms with E-state index in [2.05, 4.69) is 0 Å². The molecule has 0 saturated carbocycles. The summed E-state index contributed by atoms with van der Waals surface area (Å²) in [6.07, 6.45) is -0.276. The van der Waals surface area contributed by atoms with Crippen LogP contribution in [-0.4, -0.2) is 44.1 Å². The molecule has 4 nitrogen and oxygen atoms in total. The van der Waals surface area contributed by atoms with Gasteiger partial charge in [0.15, 0.2) is 11.4 Å². The SMILES string of the molecule is COC(CN(C)C(N)=S)OC. The second kappa shape index (κ2) is 5.29. The smallest absolute Gasteiger partial charge is 0.174 e. The lowest BCUT2D eigenvalue weighted by Crippen LogP contribution is -2.38. The number of likely N-dealkylation sites (N-methyl/N-ethyl adjacent to an activating group) is 1. The van der Waals surface area contributed by atoms with Crippen molar-refractivity contribution >= 4 is 17.3 Å². The number of thiocarbonyl (C=S) groups is 1. The van der Waals surface area contributed by atoms with Gasteiger partial charge in [-0.25, -0.2) is 0 Å². The topological polar surface area (TPSA) is 47.7 Å². The Kier molecular flexibility index (Phi) is 5.10. The summed E-state index contributed by atoms with van der Waals surface area (Å²) < 4.78 is 9.88. The molecule has 0 rings (SSSR count). The number of rotatable bonds is 4. The molecule has 66 valence electrons. The average Bonchev–Trinajstić information content (AvgIpc) is 1.99. The minimum Gasteiger partial charge on any atom is -0.376 e. The lowest BCUT2D eigenvalue weighted by Gasteiger charge is -2.21. The fraction of sp³-hybridized carbons (Fsp3) is 0.833. The minimum absolute atomic E-state index is 0.276. The van der Waals surface area contributed by atoms with Gasteiger partial charge in [0.2, 0.25) is 0 Å². The molecule has 0 radical (unpaired) electrons. The van der Waals surface area contributed by atoms with Gasteiger partial charge in [-0.15, -0.1) is 0 Å². The summed E-state index contributed by atoms with van der Waals surface area (Å²) in [5, 5.41) is 0.337. The van der Waals surface area contributed by atoms with Crippen molar-refractivity contribution in [3.8, 4) is 0 Å². The van der Waals surface area contributed by atoms with Crippen molar-refractivity contribution in [2.45, 2.75) is 6.29 Å². The second-order valence-corrected chi connectivity index (χ2v) is 2.54. The number of methoxy groups -OCH3 is 2. The maximum atomic E-state index is 5.34. The molecule has 0 aliphatic heterocycles. The van der Waals surface area contributed by atoms with Crippen molar-refractivity contribution in [1.82, 2.24) is 4.90 Å². The lowest BCUT2D eigenvalue weighted by molar-refractivity contribution is -0.107. The Bertz CT molecular complexity index is 128. The zero-order valence-corrected chi connectivity index (χ0v) is 7.85. The number of nitrogens with zero attached hydrogens (tertiary/aromatic N) is 1. The largest absolute Gasteiger partial charge is 0.376 e. The minimum atomic E-state index is -0.276. The van der Waals surface area contributed by atoms with Gasteiger partial charge in [0.1, 0.15) is 0 Å². The van der Waals surface area contributed by atoms with Crippen LogP contribution in [0.1, 0.15) is 0 Å². The van der Waals surface area contributed by atoms with Crippen LogP contribution in [0, 0.1) is 0 Å². The van der Waals surface area contributed by atoms with Gasteiger partial charge in [0.25, 0.3) is 0 Å². The molecule has 0 atom stereocenters. The quantitative estimate of drug-likeness (QED) is 0.476. The van der Waals surface area contributed by atoms with Gasteiger partial charge in [0.05, 0.1) is 6.54 Å². The van der Waals surface area contributed by atoms with E-state index < -0.39 is 0 Å². The van der Waals surface area contributed by atoms with Gasteiger partial charge in [-0.05, 0) is 12.2 Å². The van der Waals surface area contributed by atoms with Crippen LogP contribution in [0.3, 0.4) is 0 Å². The van der Waals surface area contributed by atoms with Crippen LogP contribution in [0.25, 0.3) is 0 Å². The van der Waals surface area contributed by atoms with Gasteiger partial charge in [-0.2, -0.15) is 0 Å². The van der Waals surface area contributed by atoms with Crippen LogP contribution in [-0.2, 0) is 9.47 Å². The monoisotopic (exact) mass is 178 g/mol. The van der Waals surface area contributed by atoms with Gasteiger partial charge in [0, 0.05) is 21.3 Å². The fourth-order valence-corrected chi connectivity index (χ4v) is 0.633. The van der Waals surface area contributed by atoms with Gasteiger partial charge in [-0.1, -0.05) is 0 Å². The first-order valence-electron chi connectivity index (χ1n) is 3.18. The Morgan fingerprint density at radius 2 is 2.00 bits per heavy atom. The van der Waals surface area contributed by atoms with Crippen molar-refractivity contribution in [1.29, 1.82) is 0 Å². The van der Waals surface area contributed by atoms with E-state index in [1.54, 1.807) is 26.2 Å². The number of hydrogen-bond donors (Lipinski definition) is 1. The summed E-state index contributed by atoms with van der Waals surface area (Å²) in [7, 11) is 4.93. The highest BCUT2D eigenvalue weighted by atomic mass is 32.1. The standard InChI is InChI=1S/C6H14N2O2S/c1-8(6(7)11)4-5(9-2)10-3/h5H,4H2,1-3H3,(H2,7,11). The summed E-state index contributed by atoms with van der Waals surface area (Å²) in [6, 6.07) is 0. The van der Waals surface area contributed by atoms with E-state index in [1.807, 2.05) is 0 Å². The third kappa shape index (κ3) is 4.13. The number of ether oxygens (including phenoxy) is 2. The maximum Gasteiger partial charge on any atom is 0.174 e. The second-order valence-electron chi connectivity index (χ2n) is 2.12. The van der Waals surface area contributed by atoms with E-state index in [9.17, 15) is 0 Å². The predicted octanol–water partition coefficient (Wildman–Crippen LogP) is -0.219. The van der Waals surface area contributed by atoms with Crippen molar-refractivity contribution < 1.29 is 9.47 Å². The van der Waals surface area contributed by atoms with Crippen LogP contribution >= 0.6 is 12.2 Å². The molecule has 0 aromatic rings. The third-order valence-electron chi connectivity index (χ3n) is 1.32. The molecule has 0 bridgehead atoms. The maximum absolute atomic E-state index is 5.34. The molecule has 0 amide bonds. The van der Waals surface area contributed by atoms with E-state index in [1.165, 1.54) is 0 Å². The van der Waals surface area contributed by atoms with E-state index in [0.29, 0.717) is 11.7 Å². The summed E-state index contributed by atoms with van der Waals surface area (Å²) in [4.78, 5) is 1.69. The number of hydrogen-bond acceptors (Lipinski definition) is 3. The molecule has 2 N–H and O–H groups in total. The van der Waals surface area contributed by atoms with Gasteiger partial charge in [-0.3, -0.25) is 0 Å². The van der Waals surface area contributed by atoms with Gasteiger partial charge >= 0.3 is 0 Å². The summed E-state index contributed by atoms with van der Waals surface area (Å²) in [5.74, 6) is 0. The molecular formula is C6H14N2O2S. The molecule has 0 aromatic heterocycles. The van der Waals surface area contributed by atoms with Crippen LogP contribution < -0.4 is 5.73 Å². The predicted molar refractivity (Wildman–Crippen MR) is 47.2 cm³/mol. The summed E-state index contributed by atoms with van der Waals surface area (Å²) in [5.41, 5.74) is 5.34. The molecule has 0 aliphatic carbocycles. The summed E-state index contributed by atoms with van der Waals surface area (Å²) >= 11 is 4.73. The molecule has 0 aromatic carbocycles. The Labute approximate surface area is 72.2 Å². The Morgan fingerprint density at radius 3 is 2.27 bits per heavy atom. The van der Waals surface area contributed by atoms with Gasteiger partial charge < -0.3 is 20.1 Å². The average molecular weight is 178 g/mol. The Hall–Kier alpha value is -0.390. The van der Waals surface area contributed by atoms with Crippen LogP contribution in [0.4, 0.5) is 0 Å². The molecular weight excluding hydrogens is 164 g/mol. The molecule has 0 unspecified atom stereocenters. The molecule has 0 aliphatic rings. The normalized spacial score (nSPS) is 10.2. The molecule has 11 heavy (non-hydrogen) atoms. The van der Waals surface area contributed by atoms with Crippen LogP contribution in [0.5, 0.6) is 0 Å². The molecule has 0 heterocycles. The van der Waals surface area contributed by atoms with Crippen LogP contribution in [0.2, 0.25) is 0 Å². The zero-order chi connectivity index (χ0) is 8.85. The first-order chi connectivity index (χ1) is 5.11. The lowest BCUT2D eigenvalue weighted by atomic mass is 10.5. The molecule has 0 saturated heterocycles. The molecule has 0 fully saturated rings. The van der Waals surface area contributed by atoms with E-state index in [4.69, 9.17) is 27.4 Å². The fourth-order valence-electron chi connectivity index (χ4n) is 0.559. The van der Waals surface area contributed by atoms with E-state index >= 15 is 0 Å². The van der Waals surface area contributed by atoms with Crippen LogP contribution in [0.15, 0.2) is 0 Å². The molecule has 5 heteroatoms. The van der Waals surface area contributed by atoms with Crippen molar-refractivity contribution in [2.75, 3.05) is 27.8 Å². The van der Waals surface area contributed by atoms with Crippen molar-refractivity contribution in [3.05, 3.63) is 0 Å². The highest BCUT2D eigenvalue weighted by molar-refractivity contribution is 7.80. The Balaban J connectivity index is 3.71. The van der Waals surface area contributed by atoms with E-state index in [-0.39, 0.29) is 6.29 Å². The molecule has 0 spiro atoms. The van der Waals surface area contributed by atoms with Crippen molar-refractivity contribution in [2.24, 2.45) is 5.73 Å². The highest BCUT2D eigenvalue weighted by Crippen LogP contribution is 1.93. The van der Waals surface area contributed by atoms with E-state index in [0.717, 1.165) is 0 Å². The van der Waals surface area contributed by atoms with Crippen molar-refractivity contribution in [3.63, 3.8) is 0 Å². The summed E-state index contributed by atoms with van der Waals surface area (Å²) in [6.45, 7) is 0.544. The Morgan fingerprint density at radius 1 is 1.55 bits per heavy atom. The first-order valence-corrected chi connectivity index (χ1v) is 3.58. The highest BCUT2D eigenvalue weighted by Gasteiger charge is 2.08. The zero-order valence-electron chi connectivity index (χ0n) is 7.03. The third-order valence-corrected chi connectivity index (χ3v) is 1.64. The number of nitrogens with two attached hydrogens (primary N) is 1. The first kappa shape index (κ1) is 10.6.